The topological polar surface area (TPSA) is 26.3 Å². The predicted octanol–water partition coefficient (Wildman–Crippen LogP) is 5.45. The van der Waals surface area contributed by atoms with E-state index < -0.39 is 0 Å². The van der Waals surface area contributed by atoms with Gasteiger partial charge in [0.1, 0.15) is 0 Å². The molecular formula is C16H36O2. The highest BCUT2D eigenvalue weighted by Crippen LogP contribution is 2.15. The minimum Gasteiger partial charge on any atom is -0.466 e. The van der Waals surface area contributed by atoms with Crippen LogP contribution >= 0.6 is 0 Å². The third-order valence-corrected chi connectivity index (χ3v) is 2.66. The van der Waals surface area contributed by atoms with Crippen LogP contribution in [0.2, 0.25) is 0 Å². The Labute approximate surface area is 116 Å². The maximum absolute atomic E-state index is 10.6. The van der Waals surface area contributed by atoms with Crippen LogP contribution in [0.4, 0.5) is 0 Å². The lowest BCUT2D eigenvalue weighted by Gasteiger charge is -2.12. The van der Waals surface area contributed by atoms with E-state index in [0.717, 1.165) is 12.3 Å². The van der Waals surface area contributed by atoms with Crippen molar-refractivity contribution >= 4 is 5.97 Å². The first kappa shape index (κ1) is 22.6. The molecule has 0 aliphatic rings. The second-order valence-corrected chi connectivity index (χ2v) is 4.35. The molecule has 0 heterocycles. The monoisotopic (exact) mass is 260 g/mol. The van der Waals surface area contributed by atoms with Crippen LogP contribution in [-0.4, -0.2) is 12.6 Å². The van der Waals surface area contributed by atoms with Crippen LogP contribution in [0, 0.1) is 11.8 Å². The third kappa shape index (κ3) is 20.8. The summed E-state index contributed by atoms with van der Waals surface area (Å²) in [5, 5.41) is 0. The predicted molar refractivity (Wildman–Crippen MR) is 81.8 cm³/mol. The van der Waals surface area contributed by atoms with Crippen molar-refractivity contribution in [3.05, 3.63) is 0 Å². The number of carbonyl (C=O) groups is 1. The first-order valence-electron chi connectivity index (χ1n) is 7.69. The lowest BCUT2D eigenvalue weighted by Crippen LogP contribution is -2.09. The zero-order chi connectivity index (χ0) is 15.0. The number of esters is 1. The van der Waals surface area contributed by atoms with Crippen LogP contribution in [0.5, 0.6) is 0 Å². The number of rotatable bonds is 7. The fraction of sp³-hybridized carbons (Fsp3) is 0.938. The summed E-state index contributed by atoms with van der Waals surface area (Å²) in [4.78, 5) is 10.6. The molecule has 0 rings (SSSR count). The van der Waals surface area contributed by atoms with Gasteiger partial charge in [0.2, 0.25) is 0 Å². The van der Waals surface area contributed by atoms with E-state index in [1.165, 1.54) is 26.2 Å². The maximum atomic E-state index is 10.6. The van der Waals surface area contributed by atoms with E-state index in [4.69, 9.17) is 4.74 Å². The van der Waals surface area contributed by atoms with Crippen molar-refractivity contribution in [2.45, 2.75) is 81.1 Å². The Morgan fingerprint density at radius 3 is 1.83 bits per heavy atom. The molecule has 2 atom stereocenters. The number of carbonyl (C=O) groups excluding carboxylic acids is 1. The average Bonchev–Trinajstić information content (AvgIpc) is 2.40. The molecule has 0 amide bonds. The summed E-state index contributed by atoms with van der Waals surface area (Å²) < 4.78 is 4.95. The molecule has 2 unspecified atom stereocenters. The van der Waals surface area contributed by atoms with Gasteiger partial charge in [0.15, 0.2) is 0 Å². The van der Waals surface area contributed by atoms with Gasteiger partial charge < -0.3 is 4.74 Å². The normalized spacial score (nSPS) is 12.2. The molecule has 2 heteroatoms. The van der Waals surface area contributed by atoms with Crippen molar-refractivity contribution in [1.82, 2.24) is 0 Å². The van der Waals surface area contributed by atoms with Gasteiger partial charge in [-0.2, -0.15) is 0 Å². The molecule has 0 aromatic heterocycles. The summed E-state index contributed by atoms with van der Waals surface area (Å²) in [6.45, 7) is 16.7. The Hall–Kier alpha value is -0.530. The summed E-state index contributed by atoms with van der Waals surface area (Å²) in [7, 11) is 0. The molecule has 0 spiro atoms. The summed E-state index contributed by atoms with van der Waals surface area (Å²) in [6.07, 6.45) is 4.97. The minimum absolute atomic E-state index is 0.168. The summed E-state index contributed by atoms with van der Waals surface area (Å²) in [5.41, 5.74) is 0. The second-order valence-electron chi connectivity index (χ2n) is 4.35. The Morgan fingerprint density at radius 2 is 1.44 bits per heavy atom. The van der Waals surface area contributed by atoms with E-state index >= 15 is 0 Å². The molecule has 112 valence electrons. The molecule has 0 saturated heterocycles. The van der Waals surface area contributed by atoms with Gasteiger partial charge in [0, 0.05) is 6.92 Å². The van der Waals surface area contributed by atoms with Gasteiger partial charge in [-0.1, -0.05) is 67.7 Å². The largest absolute Gasteiger partial charge is 0.466 e. The molecule has 2 nitrogen and oxygen atoms in total. The van der Waals surface area contributed by atoms with Gasteiger partial charge in [-0.15, -0.1) is 0 Å². The molecular weight excluding hydrogens is 224 g/mol. The Kier molecular flexibility index (Phi) is 23.7. The molecule has 0 N–H and O–H groups in total. The molecule has 0 aromatic rings. The van der Waals surface area contributed by atoms with Crippen LogP contribution in [0.3, 0.4) is 0 Å². The first-order chi connectivity index (χ1) is 8.56. The average molecular weight is 260 g/mol. The van der Waals surface area contributed by atoms with Gasteiger partial charge in [-0.05, 0) is 18.3 Å². The number of hydrogen-bond donors (Lipinski definition) is 0. The van der Waals surface area contributed by atoms with Crippen molar-refractivity contribution < 1.29 is 9.53 Å². The molecule has 0 fully saturated rings. The Bertz CT molecular complexity index is 155. The SMILES string of the molecule is CC.CC.CCC(C)CCCC(C)COC(C)=O. The van der Waals surface area contributed by atoms with Crippen molar-refractivity contribution in [2.24, 2.45) is 11.8 Å². The van der Waals surface area contributed by atoms with Crippen LogP contribution < -0.4 is 0 Å². The fourth-order valence-corrected chi connectivity index (χ4v) is 1.36. The highest BCUT2D eigenvalue weighted by Gasteiger charge is 2.05. The molecule has 0 aliphatic carbocycles. The van der Waals surface area contributed by atoms with Gasteiger partial charge in [0.25, 0.3) is 0 Å². The molecule has 0 aromatic carbocycles. The molecule has 0 aliphatic heterocycles. The van der Waals surface area contributed by atoms with E-state index in [1.54, 1.807) is 0 Å². The van der Waals surface area contributed by atoms with Crippen molar-refractivity contribution in [2.75, 3.05) is 6.61 Å². The zero-order valence-corrected chi connectivity index (χ0v) is 14.0. The van der Waals surface area contributed by atoms with Crippen LogP contribution in [-0.2, 0) is 9.53 Å². The second kappa shape index (κ2) is 18.8. The Balaban J connectivity index is -0.000000506. The lowest BCUT2D eigenvalue weighted by atomic mass is 9.97. The molecule has 0 saturated carbocycles. The van der Waals surface area contributed by atoms with Crippen molar-refractivity contribution in [3.63, 3.8) is 0 Å². The molecule has 0 bridgehead atoms. The van der Waals surface area contributed by atoms with Crippen LogP contribution in [0.1, 0.15) is 81.1 Å². The zero-order valence-electron chi connectivity index (χ0n) is 14.0. The van der Waals surface area contributed by atoms with Gasteiger partial charge in [-0.25, -0.2) is 0 Å². The van der Waals surface area contributed by atoms with Crippen LogP contribution in [0.15, 0.2) is 0 Å². The van der Waals surface area contributed by atoms with E-state index in [-0.39, 0.29) is 5.97 Å². The van der Waals surface area contributed by atoms with E-state index in [9.17, 15) is 4.79 Å². The van der Waals surface area contributed by atoms with Crippen molar-refractivity contribution in [3.8, 4) is 0 Å². The van der Waals surface area contributed by atoms with E-state index in [2.05, 4.69) is 20.8 Å². The fourth-order valence-electron chi connectivity index (χ4n) is 1.36. The summed E-state index contributed by atoms with van der Waals surface area (Å²) in [5.74, 6) is 1.16. The van der Waals surface area contributed by atoms with E-state index in [1.807, 2.05) is 27.7 Å². The smallest absolute Gasteiger partial charge is 0.302 e. The van der Waals surface area contributed by atoms with E-state index in [0.29, 0.717) is 12.5 Å². The van der Waals surface area contributed by atoms with Gasteiger partial charge in [-0.3, -0.25) is 4.79 Å². The standard InChI is InChI=1S/C12H24O2.2C2H6/c1-5-10(2)7-6-8-11(3)9-14-12(4)13;2*1-2/h10-11H,5-9H2,1-4H3;2*1-2H3. The highest BCUT2D eigenvalue weighted by molar-refractivity contribution is 5.65. The number of ether oxygens (including phenoxy) is 1. The van der Waals surface area contributed by atoms with Gasteiger partial charge >= 0.3 is 5.97 Å². The quantitative estimate of drug-likeness (QED) is 0.569. The third-order valence-electron chi connectivity index (χ3n) is 2.66. The Morgan fingerprint density at radius 1 is 1.00 bits per heavy atom. The first-order valence-corrected chi connectivity index (χ1v) is 7.69. The maximum Gasteiger partial charge on any atom is 0.302 e. The number of hydrogen-bond acceptors (Lipinski definition) is 2. The van der Waals surface area contributed by atoms with Crippen molar-refractivity contribution in [1.29, 1.82) is 0 Å². The highest BCUT2D eigenvalue weighted by atomic mass is 16.5. The van der Waals surface area contributed by atoms with Crippen LogP contribution in [0.25, 0.3) is 0 Å². The lowest BCUT2D eigenvalue weighted by molar-refractivity contribution is -0.142. The molecule has 18 heavy (non-hydrogen) atoms. The summed E-state index contributed by atoms with van der Waals surface area (Å²) in [6, 6.07) is 0. The minimum atomic E-state index is -0.168. The molecule has 0 radical (unpaired) electrons. The summed E-state index contributed by atoms with van der Waals surface area (Å²) >= 11 is 0. The van der Waals surface area contributed by atoms with Gasteiger partial charge in [0.05, 0.1) is 6.61 Å².